The molecule has 2 nitrogen and oxygen atoms in total. The minimum Gasteiger partial charge on any atom is -0.456 e. The van der Waals surface area contributed by atoms with Gasteiger partial charge in [0.25, 0.3) is 0 Å². The summed E-state index contributed by atoms with van der Waals surface area (Å²) in [4.78, 5) is 0. The van der Waals surface area contributed by atoms with Crippen molar-refractivity contribution in [3.8, 4) is 28.1 Å². The third-order valence-electron chi connectivity index (χ3n) is 9.37. The molecule has 44 heavy (non-hydrogen) atoms. The average Bonchev–Trinajstić information content (AvgIpc) is 3.67. The van der Waals surface area contributed by atoms with Gasteiger partial charge < -0.3 is 8.98 Å². The number of furan rings is 1. The van der Waals surface area contributed by atoms with Crippen molar-refractivity contribution in [2.45, 2.75) is 0 Å². The normalized spacial score (nSPS) is 12.1. The van der Waals surface area contributed by atoms with E-state index in [-0.39, 0.29) is 0 Å². The fraction of sp³-hybridized carbons (Fsp3) is 0. The second kappa shape index (κ2) is 8.82. The van der Waals surface area contributed by atoms with Gasteiger partial charge in [-0.2, -0.15) is 0 Å². The zero-order chi connectivity index (χ0) is 28.8. The van der Waals surface area contributed by atoms with Crippen LogP contribution < -0.4 is 0 Å². The van der Waals surface area contributed by atoms with Crippen molar-refractivity contribution in [2.75, 3.05) is 0 Å². The molecule has 10 rings (SSSR count). The standard InChI is InChI=1S/C42H25NO/c1-6-12-39-29(7-1)25-40(44-39)34-22-16-28-17-23-35-31(21-15-27-18-24-36(34)42(28)41(27)35)26-13-19-30(20-14-26)43-37-10-4-2-8-32(37)33-9-3-5-11-38(33)43/h1-25H. The van der Waals surface area contributed by atoms with Crippen molar-refractivity contribution in [3.05, 3.63) is 152 Å². The molecule has 2 heteroatoms. The number of hydrogen-bond donors (Lipinski definition) is 0. The summed E-state index contributed by atoms with van der Waals surface area (Å²) in [6.07, 6.45) is 0. The van der Waals surface area contributed by atoms with Gasteiger partial charge in [0.05, 0.1) is 11.0 Å². The van der Waals surface area contributed by atoms with Crippen LogP contribution in [0.1, 0.15) is 0 Å². The Morgan fingerprint density at radius 3 is 1.66 bits per heavy atom. The summed E-state index contributed by atoms with van der Waals surface area (Å²) in [7, 11) is 0. The molecule has 8 aromatic carbocycles. The lowest BCUT2D eigenvalue weighted by molar-refractivity contribution is 0.632. The van der Waals surface area contributed by atoms with E-state index in [1.807, 2.05) is 12.1 Å². The quantitative estimate of drug-likeness (QED) is 0.197. The largest absolute Gasteiger partial charge is 0.456 e. The van der Waals surface area contributed by atoms with E-state index in [1.165, 1.54) is 70.9 Å². The molecule has 0 N–H and O–H groups in total. The second-order valence-electron chi connectivity index (χ2n) is 11.7. The molecule has 10 aromatic rings. The van der Waals surface area contributed by atoms with Crippen LogP contribution >= 0.6 is 0 Å². The minimum atomic E-state index is 0.907. The van der Waals surface area contributed by atoms with Gasteiger partial charge in [-0.1, -0.05) is 109 Å². The highest BCUT2D eigenvalue weighted by Crippen LogP contribution is 2.43. The third kappa shape index (κ3) is 3.25. The number of fused-ring (bicyclic) bond motifs is 4. The topological polar surface area (TPSA) is 18.1 Å². The molecule has 0 amide bonds. The lowest BCUT2D eigenvalue weighted by atomic mass is 9.88. The molecule has 0 atom stereocenters. The molecule has 2 aromatic heterocycles. The Balaban J connectivity index is 1.15. The van der Waals surface area contributed by atoms with Crippen molar-refractivity contribution in [1.29, 1.82) is 0 Å². The summed E-state index contributed by atoms with van der Waals surface area (Å²) in [5.41, 5.74) is 8.12. The molecule has 0 spiro atoms. The summed E-state index contributed by atoms with van der Waals surface area (Å²) in [5, 5.41) is 11.3. The lowest BCUT2D eigenvalue weighted by Gasteiger charge is -2.16. The predicted octanol–water partition coefficient (Wildman–Crippen LogP) is 11.8. The Bertz CT molecular complexity index is 2620. The fourth-order valence-corrected chi connectivity index (χ4v) is 7.37. The predicted molar refractivity (Wildman–Crippen MR) is 185 cm³/mol. The molecule has 0 saturated carbocycles. The number of nitrogens with zero attached hydrogens (tertiary/aromatic N) is 1. The van der Waals surface area contributed by atoms with Crippen molar-refractivity contribution in [3.63, 3.8) is 0 Å². The van der Waals surface area contributed by atoms with E-state index in [2.05, 4.69) is 144 Å². The molecule has 0 fully saturated rings. The van der Waals surface area contributed by atoms with Gasteiger partial charge in [-0.15, -0.1) is 0 Å². The monoisotopic (exact) mass is 559 g/mol. The molecule has 0 radical (unpaired) electrons. The number of benzene rings is 8. The van der Waals surface area contributed by atoms with Gasteiger partial charge >= 0.3 is 0 Å². The van der Waals surface area contributed by atoms with Crippen LogP contribution in [-0.4, -0.2) is 4.57 Å². The van der Waals surface area contributed by atoms with E-state index in [9.17, 15) is 0 Å². The summed E-state index contributed by atoms with van der Waals surface area (Å²) in [6, 6.07) is 54.8. The van der Waals surface area contributed by atoms with Crippen LogP contribution in [-0.2, 0) is 0 Å². The Labute approximate surface area is 253 Å². The Morgan fingerprint density at radius 1 is 0.409 bits per heavy atom. The van der Waals surface area contributed by atoms with Crippen molar-refractivity contribution in [1.82, 2.24) is 4.57 Å². The molecular formula is C42H25NO. The number of hydrogen-bond acceptors (Lipinski definition) is 1. The van der Waals surface area contributed by atoms with Crippen LogP contribution in [0.15, 0.2) is 156 Å². The molecule has 0 unspecified atom stereocenters. The van der Waals surface area contributed by atoms with E-state index in [4.69, 9.17) is 4.42 Å². The lowest BCUT2D eigenvalue weighted by Crippen LogP contribution is -1.94. The van der Waals surface area contributed by atoms with Gasteiger partial charge in [0, 0.05) is 27.4 Å². The van der Waals surface area contributed by atoms with Gasteiger partial charge in [-0.3, -0.25) is 0 Å². The van der Waals surface area contributed by atoms with Gasteiger partial charge in [-0.05, 0) is 85.9 Å². The van der Waals surface area contributed by atoms with Gasteiger partial charge in [-0.25, -0.2) is 0 Å². The molecule has 0 bridgehead atoms. The Morgan fingerprint density at radius 2 is 0.977 bits per heavy atom. The summed E-state index contributed by atoms with van der Waals surface area (Å²) in [5.74, 6) is 0.907. The highest BCUT2D eigenvalue weighted by molar-refractivity contribution is 6.27. The first-order chi connectivity index (χ1) is 21.8. The van der Waals surface area contributed by atoms with E-state index in [0.29, 0.717) is 0 Å². The van der Waals surface area contributed by atoms with Gasteiger partial charge in [0.2, 0.25) is 0 Å². The second-order valence-corrected chi connectivity index (χ2v) is 11.7. The molecule has 204 valence electrons. The zero-order valence-corrected chi connectivity index (χ0v) is 23.8. The molecule has 2 heterocycles. The van der Waals surface area contributed by atoms with Crippen molar-refractivity contribution >= 4 is 65.1 Å². The first-order valence-electron chi connectivity index (χ1n) is 15.1. The van der Waals surface area contributed by atoms with E-state index in [1.54, 1.807) is 0 Å². The van der Waals surface area contributed by atoms with Gasteiger partial charge in [0.1, 0.15) is 11.3 Å². The molecule has 0 aliphatic rings. The van der Waals surface area contributed by atoms with Crippen molar-refractivity contribution < 1.29 is 4.42 Å². The first-order valence-corrected chi connectivity index (χ1v) is 15.1. The number of para-hydroxylation sites is 3. The molecule has 0 aliphatic carbocycles. The maximum Gasteiger partial charge on any atom is 0.136 e. The highest BCUT2D eigenvalue weighted by atomic mass is 16.3. The van der Waals surface area contributed by atoms with E-state index < -0.39 is 0 Å². The van der Waals surface area contributed by atoms with E-state index in [0.717, 1.165) is 22.3 Å². The average molecular weight is 560 g/mol. The molecule has 0 aliphatic heterocycles. The van der Waals surface area contributed by atoms with Crippen LogP contribution in [0.25, 0.3) is 93.2 Å². The third-order valence-corrected chi connectivity index (χ3v) is 9.37. The zero-order valence-electron chi connectivity index (χ0n) is 23.8. The van der Waals surface area contributed by atoms with Crippen LogP contribution in [0.2, 0.25) is 0 Å². The van der Waals surface area contributed by atoms with E-state index >= 15 is 0 Å². The fourth-order valence-electron chi connectivity index (χ4n) is 7.37. The van der Waals surface area contributed by atoms with Gasteiger partial charge in [0.15, 0.2) is 0 Å². The molecule has 0 saturated heterocycles. The summed E-state index contributed by atoms with van der Waals surface area (Å²) >= 11 is 0. The smallest absolute Gasteiger partial charge is 0.136 e. The first kappa shape index (κ1) is 23.7. The SMILES string of the molecule is c1ccc2oc(-c3ccc4ccc5c(-c6ccc(-n7c8ccccc8c8ccccc87)cc6)ccc6ccc3c4c65)cc2c1. The Kier molecular flexibility index (Phi) is 4.75. The highest BCUT2D eigenvalue weighted by Gasteiger charge is 2.17. The summed E-state index contributed by atoms with van der Waals surface area (Å²) < 4.78 is 8.70. The number of aromatic nitrogens is 1. The number of rotatable bonds is 3. The Hall–Kier alpha value is -5.86. The van der Waals surface area contributed by atoms with Crippen LogP contribution in [0.4, 0.5) is 0 Å². The van der Waals surface area contributed by atoms with Crippen molar-refractivity contribution in [2.24, 2.45) is 0 Å². The van der Waals surface area contributed by atoms with Crippen LogP contribution in [0.3, 0.4) is 0 Å². The van der Waals surface area contributed by atoms with Crippen LogP contribution in [0.5, 0.6) is 0 Å². The van der Waals surface area contributed by atoms with Crippen LogP contribution in [0, 0.1) is 0 Å². The minimum absolute atomic E-state index is 0.907. The summed E-state index contributed by atoms with van der Waals surface area (Å²) in [6.45, 7) is 0. The maximum absolute atomic E-state index is 6.33. The maximum atomic E-state index is 6.33. The molecular weight excluding hydrogens is 534 g/mol.